The number of alkyl carbamates (subject to hydrolysis) is 1. The minimum atomic E-state index is -0.843. The van der Waals surface area contributed by atoms with Crippen molar-refractivity contribution in [2.75, 3.05) is 11.9 Å². The predicted octanol–water partition coefficient (Wildman–Crippen LogP) is 2.34. The van der Waals surface area contributed by atoms with Crippen molar-refractivity contribution in [1.82, 2.24) is 5.32 Å². The zero-order valence-electron chi connectivity index (χ0n) is 14.9. The van der Waals surface area contributed by atoms with E-state index in [1.54, 1.807) is 39.8 Å². The molecule has 0 heterocycles. The molecule has 1 amide bonds. The maximum atomic E-state index is 12.1. The van der Waals surface area contributed by atoms with Gasteiger partial charge in [0.05, 0.1) is 6.61 Å². The zero-order chi connectivity index (χ0) is 19.0. The fourth-order valence-corrected chi connectivity index (χ4v) is 2.11. The van der Waals surface area contributed by atoms with Crippen LogP contribution in [0.15, 0.2) is 24.3 Å². The standard InChI is InChI=1S/C17H25N3O4S/c1-5-23-14(21)13(20-16(22)24-17(2,3)4)10-11-6-8-12(9-7-11)19-15(18)25/h6-9,13H,5,10H2,1-4H3,(H,20,22)(H3,18,19,25). The highest BCUT2D eigenvalue weighted by atomic mass is 32.1. The first-order chi connectivity index (χ1) is 11.6. The van der Waals surface area contributed by atoms with E-state index in [0.717, 1.165) is 11.3 Å². The van der Waals surface area contributed by atoms with Gasteiger partial charge in [-0.3, -0.25) is 0 Å². The van der Waals surface area contributed by atoms with Crippen molar-refractivity contribution < 1.29 is 19.1 Å². The Labute approximate surface area is 153 Å². The molecule has 0 aliphatic heterocycles. The van der Waals surface area contributed by atoms with Crippen LogP contribution in [-0.2, 0) is 20.7 Å². The number of nitrogens with one attached hydrogen (secondary N) is 2. The number of rotatable bonds is 6. The molecule has 4 N–H and O–H groups in total. The summed E-state index contributed by atoms with van der Waals surface area (Å²) in [5.41, 5.74) is 6.34. The van der Waals surface area contributed by atoms with Crippen molar-refractivity contribution in [3.63, 3.8) is 0 Å². The lowest BCUT2D eigenvalue weighted by Gasteiger charge is -2.23. The van der Waals surface area contributed by atoms with Gasteiger partial charge in [0.15, 0.2) is 5.11 Å². The van der Waals surface area contributed by atoms with Crippen LogP contribution in [0.3, 0.4) is 0 Å². The highest BCUT2D eigenvalue weighted by Gasteiger charge is 2.25. The number of ether oxygens (including phenoxy) is 2. The van der Waals surface area contributed by atoms with Crippen molar-refractivity contribution in [2.45, 2.75) is 45.8 Å². The number of thiocarbonyl (C=S) groups is 1. The lowest BCUT2D eigenvalue weighted by atomic mass is 10.1. The fourth-order valence-electron chi connectivity index (χ4n) is 1.99. The number of hydrogen-bond donors (Lipinski definition) is 3. The fraction of sp³-hybridized carbons (Fsp3) is 0.471. The summed E-state index contributed by atoms with van der Waals surface area (Å²) < 4.78 is 10.2. The van der Waals surface area contributed by atoms with E-state index in [1.165, 1.54) is 0 Å². The summed E-state index contributed by atoms with van der Waals surface area (Å²) in [4.78, 5) is 24.1. The number of carbonyl (C=O) groups is 2. The van der Waals surface area contributed by atoms with Crippen LogP contribution in [0, 0.1) is 0 Å². The third-order valence-electron chi connectivity index (χ3n) is 2.92. The quantitative estimate of drug-likeness (QED) is 0.524. The van der Waals surface area contributed by atoms with Gasteiger partial charge in [-0.05, 0) is 57.6 Å². The van der Waals surface area contributed by atoms with E-state index in [-0.39, 0.29) is 18.1 Å². The smallest absolute Gasteiger partial charge is 0.408 e. The van der Waals surface area contributed by atoms with E-state index in [2.05, 4.69) is 10.6 Å². The molecular formula is C17H25N3O4S. The number of esters is 1. The summed E-state index contributed by atoms with van der Waals surface area (Å²) in [6.45, 7) is 7.18. The maximum absolute atomic E-state index is 12.1. The van der Waals surface area contributed by atoms with Crippen LogP contribution in [0.5, 0.6) is 0 Å². The van der Waals surface area contributed by atoms with Crippen molar-refractivity contribution >= 4 is 35.1 Å². The molecule has 0 bridgehead atoms. The number of amides is 1. The molecule has 7 nitrogen and oxygen atoms in total. The van der Waals surface area contributed by atoms with Gasteiger partial charge in [0, 0.05) is 12.1 Å². The molecule has 0 aliphatic rings. The topological polar surface area (TPSA) is 103 Å². The van der Waals surface area contributed by atoms with E-state index in [0.29, 0.717) is 0 Å². The molecule has 8 heteroatoms. The molecular weight excluding hydrogens is 342 g/mol. The second-order valence-corrected chi connectivity index (χ2v) is 6.78. The summed E-state index contributed by atoms with van der Waals surface area (Å²) >= 11 is 4.78. The van der Waals surface area contributed by atoms with Gasteiger partial charge in [0.25, 0.3) is 0 Å². The Morgan fingerprint density at radius 2 is 1.84 bits per heavy atom. The van der Waals surface area contributed by atoms with Gasteiger partial charge < -0.3 is 25.8 Å². The van der Waals surface area contributed by atoms with E-state index in [4.69, 9.17) is 27.4 Å². The predicted molar refractivity (Wildman–Crippen MR) is 100 cm³/mol. The van der Waals surface area contributed by atoms with Gasteiger partial charge in [-0.2, -0.15) is 0 Å². The maximum Gasteiger partial charge on any atom is 0.408 e. The Bertz CT molecular complexity index is 611. The third kappa shape index (κ3) is 8.35. The van der Waals surface area contributed by atoms with E-state index < -0.39 is 23.7 Å². The highest BCUT2D eigenvalue weighted by Crippen LogP contribution is 2.13. The number of anilines is 1. The van der Waals surface area contributed by atoms with Crippen LogP contribution >= 0.6 is 12.2 Å². The van der Waals surface area contributed by atoms with Crippen molar-refractivity contribution in [3.8, 4) is 0 Å². The summed E-state index contributed by atoms with van der Waals surface area (Å²) in [6.07, 6.45) is -0.400. The van der Waals surface area contributed by atoms with Gasteiger partial charge in [-0.15, -0.1) is 0 Å². The van der Waals surface area contributed by atoms with Crippen LogP contribution in [0.25, 0.3) is 0 Å². The number of carbonyl (C=O) groups excluding carboxylic acids is 2. The average Bonchev–Trinajstić information content (AvgIpc) is 2.46. The molecule has 25 heavy (non-hydrogen) atoms. The van der Waals surface area contributed by atoms with Gasteiger partial charge >= 0.3 is 12.1 Å². The van der Waals surface area contributed by atoms with Crippen molar-refractivity contribution in [1.29, 1.82) is 0 Å². The molecule has 0 saturated heterocycles. The highest BCUT2D eigenvalue weighted by molar-refractivity contribution is 7.80. The first-order valence-corrected chi connectivity index (χ1v) is 8.33. The Morgan fingerprint density at radius 1 is 1.24 bits per heavy atom. The molecule has 1 atom stereocenters. The molecule has 138 valence electrons. The van der Waals surface area contributed by atoms with E-state index in [9.17, 15) is 9.59 Å². The minimum absolute atomic E-state index is 0.170. The van der Waals surface area contributed by atoms with E-state index >= 15 is 0 Å². The largest absolute Gasteiger partial charge is 0.464 e. The van der Waals surface area contributed by atoms with Crippen LogP contribution in [0.1, 0.15) is 33.3 Å². The average molecular weight is 367 g/mol. The lowest BCUT2D eigenvalue weighted by Crippen LogP contribution is -2.45. The zero-order valence-corrected chi connectivity index (χ0v) is 15.7. The van der Waals surface area contributed by atoms with Crippen molar-refractivity contribution in [2.24, 2.45) is 5.73 Å². The van der Waals surface area contributed by atoms with Crippen LogP contribution in [0.4, 0.5) is 10.5 Å². The molecule has 0 radical (unpaired) electrons. The minimum Gasteiger partial charge on any atom is -0.464 e. The van der Waals surface area contributed by atoms with Gasteiger partial charge in [-0.25, -0.2) is 9.59 Å². The van der Waals surface area contributed by atoms with Crippen molar-refractivity contribution in [3.05, 3.63) is 29.8 Å². The first kappa shape index (κ1) is 20.7. The molecule has 1 unspecified atom stereocenters. The molecule has 1 aromatic rings. The number of nitrogens with two attached hydrogens (primary N) is 1. The molecule has 0 fully saturated rings. The van der Waals surface area contributed by atoms with E-state index in [1.807, 2.05) is 12.1 Å². The number of benzene rings is 1. The van der Waals surface area contributed by atoms with Gasteiger partial charge in [0.2, 0.25) is 0 Å². The molecule has 1 aromatic carbocycles. The second-order valence-electron chi connectivity index (χ2n) is 6.34. The Morgan fingerprint density at radius 3 is 2.32 bits per heavy atom. The Kier molecular flexibility index (Phi) is 7.63. The molecule has 0 aliphatic carbocycles. The Hall–Kier alpha value is -2.35. The van der Waals surface area contributed by atoms with Gasteiger partial charge in [0.1, 0.15) is 11.6 Å². The van der Waals surface area contributed by atoms with Crippen LogP contribution in [0.2, 0.25) is 0 Å². The van der Waals surface area contributed by atoms with Crippen LogP contribution < -0.4 is 16.4 Å². The summed E-state index contributed by atoms with van der Waals surface area (Å²) in [6, 6.07) is 6.34. The Balaban J connectivity index is 2.81. The summed E-state index contributed by atoms with van der Waals surface area (Å²) in [7, 11) is 0. The SMILES string of the molecule is CCOC(=O)C(Cc1ccc(NC(N)=S)cc1)NC(=O)OC(C)(C)C. The first-order valence-electron chi connectivity index (χ1n) is 7.92. The van der Waals surface area contributed by atoms with Gasteiger partial charge in [-0.1, -0.05) is 12.1 Å². The number of hydrogen-bond acceptors (Lipinski definition) is 5. The monoisotopic (exact) mass is 367 g/mol. The molecule has 0 saturated carbocycles. The normalized spacial score (nSPS) is 12.0. The lowest BCUT2D eigenvalue weighted by molar-refractivity contribution is -0.145. The summed E-state index contributed by atoms with van der Waals surface area (Å²) in [5, 5.41) is 5.55. The third-order valence-corrected chi connectivity index (χ3v) is 3.03. The summed E-state index contributed by atoms with van der Waals surface area (Å²) in [5.74, 6) is -0.515. The van der Waals surface area contributed by atoms with Crippen LogP contribution in [-0.4, -0.2) is 35.4 Å². The molecule has 1 rings (SSSR count). The molecule has 0 aromatic heterocycles. The second kappa shape index (κ2) is 9.22. The molecule has 0 spiro atoms.